The number of carbonyl (C=O) groups is 1. The molecule has 2 heterocycles. The third-order valence-corrected chi connectivity index (χ3v) is 2.36. The van der Waals surface area contributed by atoms with Gasteiger partial charge in [-0.1, -0.05) is 0 Å². The summed E-state index contributed by atoms with van der Waals surface area (Å²) in [5.41, 5.74) is 1.59. The monoisotopic (exact) mass is 243 g/mol. The highest BCUT2D eigenvalue weighted by Gasteiger charge is 2.10. The third kappa shape index (κ3) is 2.01. The Labute approximate surface area is 102 Å². The van der Waals surface area contributed by atoms with E-state index in [1.807, 2.05) is 6.07 Å². The normalized spacial score (nSPS) is 10.7. The molecule has 2 aromatic rings. The van der Waals surface area contributed by atoms with Crippen LogP contribution in [-0.4, -0.2) is 27.8 Å². The van der Waals surface area contributed by atoms with Gasteiger partial charge in [0.1, 0.15) is 22.9 Å². The van der Waals surface area contributed by atoms with Crippen LogP contribution in [0.3, 0.4) is 0 Å². The molecule has 0 spiro atoms. The smallest absolute Gasteiger partial charge is 0.328 e. The highest BCUT2D eigenvalue weighted by molar-refractivity contribution is 5.85. The summed E-state index contributed by atoms with van der Waals surface area (Å²) in [6, 6.07) is 3.67. The van der Waals surface area contributed by atoms with Crippen molar-refractivity contribution in [2.75, 3.05) is 7.11 Å². The van der Waals surface area contributed by atoms with E-state index in [4.69, 9.17) is 15.1 Å². The lowest BCUT2D eigenvalue weighted by atomic mass is 10.2. The van der Waals surface area contributed by atoms with Gasteiger partial charge in [-0.25, -0.2) is 9.31 Å². The summed E-state index contributed by atoms with van der Waals surface area (Å²) in [5.74, 6) is -0.566. The fourth-order valence-corrected chi connectivity index (χ4v) is 1.60. The van der Waals surface area contributed by atoms with E-state index in [9.17, 15) is 4.79 Å². The van der Waals surface area contributed by atoms with Crippen LogP contribution in [0.1, 0.15) is 11.1 Å². The zero-order valence-electron chi connectivity index (χ0n) is 9.49. The summed E-state index contributed by atoms with van der Waals surface area (Å²) >= 11 is 0. The Kier molecular flexibility index (Phi) is 2.98. The van der Waals surface area contributed by atoms with Crippen molar-refractivity contribution in [1.29, 1.82) is 5.26 Å². The van der Waals surface area contributed by atoms with E-state index in [0.717, 1.165) is 6.08 Å². The minimum Gasteiger partial charge on any atom is -0.494 e. The van der Waals surface area contributed by atoms with E-state index in [2.05, 4.69) is 5.10 Å². The quantitative estimate of drug-likeness (QED) is 0.821. The van der Waals surface area contributed by atoms with Gasteiger partial charge >= 0.3 is 5.97 Å². The van der Waals surface area contributed by atoms with Crippen LogP contribution in [0.25, 0.3) is 11.6 Å². The number of pyridine rings is 1. The van der Waals surface area contributed by atoms with Crippen molar-refractivity contribution in [3.63, 3.8) is 0 Å². The van der Waals surface area contributed by atoms with Gasteiger partial charge in [-0.05, 0) is 17.7 Å². The largest absolute Gasteiger partial charge is 0.494 e. The zero-order valence-corrected chi connectivity index (χ0v) is 9.49. The van der Waals surface area contributed by atoms with Crippen LogP contribution < -0.4 is 4.74 Å². The van der Waals surface area contributed by atoms with Gasteiger partial charge in [-0.2, -0.15) is 10.4 Å². The third-order valence-electron chi connectivity index (χ3n) is 2.36. The molecule has 0 aliphatic rings. The summed E-state index contributed by atoms with van der Waals surface area (Å²) in [6.45, 7) is 0. The molecule has 0 amide bonds. The van der Waals surface area contributed by atoms with E-state index in [-0.39, 0.29) is 0 Å². The first kappa shape index (κ1) is 11.7. The Bertz CT molecular complexity index is 680. The summed E-state index contributed by atoms with van der Waals surface area (Å²) in [5, 5.41) is 21.5. The summed E-state index contributed by atoms with van der Waals surface area (Å²) in [7, 11) is 1.48. The Morgan fingerprint density at radius 1 is 1.67 bits per heavy atom. The lowest BCUT2D eigenvalue weighted by molar-refractivity contribution is -0.131. The fraction of sp³-hybridized carbons (Fsp3) is 0.0833. The van der Waals surface area contributed by atoms with E-state index in [0.29, 0.717) is 22.4 Å². The second kappa shape index (κ2) is 4.59. The molecule has 0 bridgehead atoms. The average molecular weight is 243 g/mol. The number of nitriles is 1. The lowest BCUT2D eigenvalue weighted by Gasteiger charge is -2.04. The molecule has 6 nitrogen and oxygen atoms in total. The first-order valence-corrected chi connectivity index (χ1v) is 5.02. The first-order valence-electron chi connectivity index (χ1n) is 5.02. The topological polar surface area (TPSA) is 87.6 Å². The maximum atomic E-state index is 10.5. The summed E-state index contributed by atoms with van der Waals surface area (Å²) < 4.78 is 6.67. The van der Waals surface area contributed by atoms with Crippen molar-refractivity contribution in [3.8, 4) is 11.8 Å². The Hall–Kier alpha value is -2.81. The first-order chi connectivity index (χ1) is 8.65. The summed E-state index contributed by atoms with van der Waals surface area (Å²) in [4.78, 5) is 10.5. The standard InChI is InChI=1S/C12H9N3O3/c1-18-10-4-8(2-3-11(16)17)7-15-12(10)9(5-13)6-14-15/h2-4,6-7H,1H3,(H,16,17)/b3-2+. The molecule has 0 radical (unpaired) electrons. The number of carboxylic acid groups (broad SMARTS) is 1. The highest BCUT2D eigenvalue weighted by Crippen LogP contribution is 2.24. The van der Waals surface area contributed by atoms with Crippen LogP contribution in [0, 0.1) is 11.3 Å². The molecule has 90 valence electrons. The molecule has 18 heavy (non-hydrogen) atoms. The number of aliphatic carboxylic acids is 1. The Morgan fingerprint density at radius 2 is 2.44 bits per heavy atom. The molecule has 0 aliphatic carbocycles. The second-order valence-corrected chi connectivity index (χ2v) is 3.48. The number of fused-ring (bicyclic) bond motifs is 1. The van der Waals surface area contributed by atoms with Gasteiger partial charge in [0.25, 0.3) is 0 Å². The van der Waals surface area contributed by atoms with Crippen LogP contribution in [0.5, 0.6) is 5.75 Å². The maximum absolute atomic E-state index is 10.5. The van der Waals surface area contributed by atoms with Gasteiger partial charge in [0.05, 0.1) is 13.3 Å². The van der Waals surface area contributed by atoms with E-state index < -0.39 is 5.97 Å². The molecule has 0 atom stereocenters. The van der Waals surface area contributed by atoms with Gasteiger partial charge in [0, 0.05) is 12.3 Å². The predicted molar refractivity (Wildman–Crippen MR) is 63.1 cm³/mol. The number of carboxylic acids is 1. The van der Waals surface area contributed by atoms with Crippen molar-refractivity contribution >= 4 is 17.6 Å². The van der Waals surface area contributed by atoms with Gasteiger partial charge in [-0.3, -0.25) is 0 Å². The van der Waals surface area contributed by atoms with Gasteiger partial charge in [0.15, 0.2) is 0 Å². The predicted octanol–water partition coefficient (Wildman–Crippen LogP) is 1.31. The van der Waals surface area contributed by atoms with Crippen LogP contribution in [0.15, 0.2) is 24.5 Å². The van der Waals surface area contributed by atoms with Crippen molar-refractivity contribution < 1.29 is 14.6 Å². The number of aromatic nitrogens is 2. The van der Waals surface area contributed by atoms with Crippen molar-refractivity contribution in [2.45, 2.75) is 0 Å². The van der Waals surface area contributed by atoms with Crippen LogP contribution in [0.4, 0.5) is 0 Å². The average Bonchev–Trinajstić information content (AvgIpc) is 2.78. The number of nitrogens with zero attached hydrogens (tertiary/aromatic N) is 3. The molecular weight excluding hydrogens is 234 g/mol. The number of rotatable bonds is 3. The lowest BCUT2D eigenvalue weighted by Crippen LogP contribution is -1.94. The summed E-state index contributed by atoms with van der Waals surface area (Å²) in [6.07, 6.45) is 5.51. The SMILES string of the molecule is COc1cc(/C=C/C(=O)O)cn2ncc(C#N)c12. The van der Waals surface area contributed by atoms with E-state index in [1.54, 1.807) is 12.3 Å². The van der Waals surface area contributed by atoms with Crippen molar-refractivity contribution in [2.24, 2.45) is 0 Å². The minimum absolute atomic E-state index is 0.403. The number of hydrogen-bond donors (Lipinski definition) is 1. The molecular formula is C12H9N3O3. The highest BCUT2D eigenvalue weighted by atomic mass is 16.5. The van der Waals surface area contributed by atoms with Gasteiger partial charge < -0.3 is 9.84 Å². The number of ether oxygens (including phenoxy) is 1. The van der Waals surface area contributed by atoms with E-state index >= 15 is 0 Å². The molecule has 0 fully saturated rings. The number of hydrogen-bond acceptors (Lipinski definition) is 4. The van der Waals surface area contributed by atoms with Gasteiger partial charge in [0.2, 0.25) is 0 Å². The molecule has 6 heteroatoms. The van der Waals surface area contributed by atoms with Crippen LogP contribution in [-0.2, 0) is 4.79 Å². The molecule has 2 aromatic heterocycles. The second-order valence-electron chi connectivity index (χ2n) is 3.48. The molecule has 2 rings (SSSR count). The molecule has 0 unspecified atom stereocenters. The molecule has 0 aromatic carbocycles. The molecule has 0 saturated carbocycles. The van der Waals surface area contributed by atoms with Crippen LogP contribution in [0.2, 0.25) is 0 Å². The van der Waals surface area contributed by atoms with E-state index in [1.165, 1.54) is 23.9 Å². The Balaban J connectivity index is 2.62. The van der Waals surface area contributed by atoms with Crippen molar-refractivity contribution in [1.82, 2.24) is 9.61 Å². The molecule has 1 N–H and O–H groups in total. The Morgan fingerprint density at radius 3 is 3.06 bits per heavy atom. The van der Waals surface area contributed by atoms with Crippen LogP contribution >= 0.6 is 0 Å². The molecule has 0 saturated heterocycles. The maximum Gasteiger partial charge on any atom is 0.328 e. The fourth-order valence-electron chi connectivity index (χ4n) is 1.60. The van der Waals surface area contributed by atoms with Gasteiger partial charge in [-0.15, -0.1) is 0 Å². The minimum atomic E-state index is -1.03. The number of methoxy groups -OCH3 is 1. The molecule has 0 aliphatic heterocycles. The van der Waals surface area contributed by atoms with Crippen molar-refractivity contribution in [3.05, 3.63) is 35.7 Å². The zero-order chi connectivity index (χ0) is 13.1.